The first kappa shape index (κ1) is 21.8. The highest BCUT2D eigenvalue weighted by molar-refractivity contribution is 6.03. The first-order chi connectivity index (χ1) is 14.2. The topological polar surface area (TPSA) is 92.7 Å². The van der Waals surface area contributed by atoms with Crippen LogP contribution in [0.15, 0.2) is 30.3 Å². The number of benzene rings is 1. The van der Waals surface area contributed by atoms with Crippen LogP contribution in [-0.2, 0) is 20.9 Å². The molecule has 0 fully saturated rings. The van der Waals surface area contributed by atoms with E-state index in [4.69, 9.17) is 4.74 Å². The van der Waals surface area contributed by atoms with Gasteiger partial charge in [-0.25, -0.2) is 0 Å². The molecule has 0 saturated carbocycles. The monoisotopic (exact) mass is 414 g/mol. The van der Waals surface area contributed by atoms with E-state index in [0.717, 1.165) is 10.9 Å². The van der Waals surface area contributed by atoms with Gasteiger partial charge >= 0.3 is 0 Å². The van der Waals surface area contributed by atoms with Crippen LogP contribution in [0.2, 0.25) is 0 Å². The number of rotatable bonds is 8. The first-order valence-corrected chi connectivity index (χ1v) is 10.3. The van der Waals surface area contributed by atoms with E-state index < -0.39 is 5.54 Å². The summed E-state index contributed by atoms with van der Waals surface area (Å²) in [5, 5.41) is 6.41. The minimum atomic E-state index is -1.10. The number of hydrogen-bond acceptors (Lipinski definition) is 4. The summed E-state index contributed by atoms with van der Waals surface area (Å²) in [4.78, 5) is 39.4. The molecular formula is C22H30N4O4. The molecular weight excluding hydrogens is 384 g/mol. The fourth-order valence-electron chi connectivity index (χ4n) is 3.62. The van der Waals surface area contributed by atoms with Crippen molar-refractivity contribution in [3.05, 3.63) is 36.0 Å². The molecule has 162 valence electrons. The third-order valence-electron chi connectivity index (χ3n) is 5.53. The van der Waals surface area contributed by atoms with Crippen LogP contribution in [-0.4, -0.2) is 65.6 Å². The highest BCUT2D eigenvalue weighted by Gasteiger charge is 2.45. The van der Waals surface area contributed by atoms with Crippen LogP contribution in [0.25, 0.3) is 10.9 Å². The van der Waals surface area contributed by atoms with Gasteiger partial charge in [-0.1, -0.05) is 18.2 Å². The number of aromatic nitrogens is 1. The zero-order valence-corrected chi connectivity index (χ0v) is 18.0. The second kappa shape index (κ2) is 8.87. The molecule has 8 nitrogen and oxygen atoms in total. The summed E-state index contributed by atoms with van der Waals surface area (Å²) in [5.41, 5.74) is 0.372. The van der Waals surface area contributed by atoms with E-state index in [9.17, 15) is 14.4 Å². The Kier molecular flexibility index (Phi) is 6.45. The van der Waals surface area contributed by atoms with E-state index in [1.54, 1.807) is 14.0 Å². The Bertz CT molecular complexity index is 952. The number of likely N-dealkylation sites (N-methyl/N-ethyl adjacent to an activating group) is 1. The van der Waals surface area contributed by atoms with E-state index in [2.05, 4.69) is 10.6 Å². The van der Waals surface area contributed by atoms with Crippen LogP contribution in [0.3, 0.4) is 0 Å². The molecule has 1 atom stereocenters. The lowest BCUT2D eigenvalue weighted by molar-refractivity contribution is -0.134. The Labute approximate surface area is 176 Å². The Hall–Kier alpha value is -2.87. The summed E-state index contributed by atoms with van der Waals surface area (Å²) >= 11 is 0. The lowest BCUT2D eigenvalue weighted by Gasteiger charge is -2.41. The van der Waals surface area contributed by atoms with Crippen LogP contribution < -0.4 is 10.6 Å². The molecule has 0 unspecified atom stereocenters. The van der Waals surface area contributed by atoms with Gasteiger partial charge in [-0.15, -0.1) is 0 Å². The molecule has 0 aliphatic carbocycles. The van der Waals surface area contributed by atoms with Crippen LogP contribution in [0.4, 0.5) is 0 Å². The van der Waals surface area contributed by atoms with Crippen molar-refractivity contribution in [2.45, 2.75) is 45.4 Å². The minimum Gasteiger partial charge on any atom is -0.379 e. The second-order valence-corrected chi connectivity index (χ2v) is 8.12. The minimum absolute atomic E-state index is 0.138. The zero-order chi connectivity index (χ0) is 21.9. The van der Waals surface area contributed by atoms with E-state index in [1.807, 2.05) is 48.7 Å². The van der Waals surface area contributed by atoms with E-state index in [1.165, 1.54) is 4.90 Å². The Morgan fingerprint density at radius 1 is 1.23 bits per heavy atom. The first-order valence-electron chi connectivity index (χ1n) is 10.3. The largest absolute Gasteiger partial charge is 0.379 e. The van der Waals surface area contributed by atoms with Gasteiger partial charge in [0, 0.05) is 31.1 Å². The molecule has 2 N–H and O–H groups in total. The number of nitrogens with one attached hydrogen (secondary N) is 2. The molecule has 2 aromatic rings. The van der Waals surface area contributed by atoms with E-state index in [-0.39, 0.29) is 30.4 Å². The molecule has 30 heavy (non-hydrogen) atoms. The fourth-order valence-corrected chi connectivity index (χ4v) is 3.62. The van der Waals surface area contributed by atoms with Gasteiger partial charge in [0.1, 0.15) is 11.2 Å². The summed E-state index contributed by atoms with van der Waals surface area (Å²) in [6, 6.07) is 9.56. The molecule has 1 aliphatic heterocycles. The van der Waals surface area contributed by atoms with Gasteiger partial charge < -0.3 is 24.8 Å². The number of para-hydroxylation sites is 1. The van der Waals surface area contributed by atoms with Gasteiger partial charge in [-0.3, -0.25) is 14.4 Å². The zero-order valence-electron chi connectivity index (χ0n) is 18.0. The maximum Gasteiger partial charge on any atom is 0.271 e. The van der Waals surface area contributed by atoms with Crippen molar-refractivity contribution in [1.29, 1.82) is 0 Å². The van der Waals surface area contributed by atoms with Crippen LogP contribution in [0, 0.1) is 0 Å². The standard InChI is InChI=1S/C22H30N4O4/c1-15(2)30-11-7-10-23-19(27)13-24-21(29)22(3)14-26-17-9-6-5-8-16(17)12-18(26)20(28)25(22)4/h5-6,8-9,12,15H,7,10-11,13-14H2,1-4H3,(H,23,27)(H,24,29)/t22-/m0/s1. The Morgan fingerprint density at radius 2 is 1.97 bits per heavy atom. The van der Waals surface area contributed by atoms with E-state index in [0.29, 0.717) is 31.8 Å². The van der Waals surface area contributed by atoms with Crippen LogP contribution in [0.5, 0.6) is 0 Å². The summed E-state index contributed by atoms with van der Waals surface area (Å²) in [5.74, 6) is -0.849. The maximum absolute atomic E-state index is 13.0. The molecule has 1 aliphatic rings. The number of hydrogen-bond donors (Lipinski definition) is 2. The Morgan fingerprint density at radius 3 is 2.70 bits per heavy atom. The van der Waals surface area contributed by atoms with Crippen molar-refractivity contribution in [3.8, 4) is 0 Å². The van der Waals surface area contributed by atoms with Gasteiger partial charge in [0.2, 0.25) is 11.8 Å². The van der Waals surface area contributed by atoms with Gasteiger partial charge in [0.15, 0.2) is 0 Å². The molecule has 0 spiro atoms. The Balaban J connectivity index is 1.61. The van der Waals surface area contributed by atoms with Crippen molar-refractivity contribution in [2.24, 2.45) is 0 Å². The normalized spacial score (nSPS) is 18.6. The molecule has 0 saturated heterocycles. The highest BCUT2D eigenvalue weighted by atomic mass is 16.5. The molecule has 8 heteroatoms. The average Bonchev–Trinajstić information content (AvgIpc) is 3.08. The maximum atomic E-state index is 13.0. The molecule has 1 aromatic heterocycles. The van der Waals surface area contributed by atoms with Crippen LogP contribution >= 0.6 is 0 Å². The lowest BCUT2D eigenvalue weighted by Crippen LogP contribution is -2.63. The summed E-state index contributed by atoms with van der Waals surface area (Å²) in [6.45, 7) is 6.87. The van der Waals surface area contributed by atoms with Gasteiger partial charge in [0.25, 0.3) is 5.91 Å². The number of amides is 3. The van der Waals surface area contributed by atoms with Crippen molar-refractivity contribution in [3.63, 3.8) is 0 Å². The highest BCUT2D eigenvalue weighted by Crippen LogP contribution is 2.31. The van der Waals surface area contributed by atoms with Crippen molar-refractivity contribution < 1.29 is 19.1 Å². The van der Waals surface area contributed by atoms with Crippen molar-refractivity contribution >= 4 is 28.6 Å². The van der Waals surface area contributed by atoms with Gasteiger partial charge in [-0.2, -0.15) is 0 Å². The number of carbonyl (C=O) groups excluding carboxylic acids is 3. The van der Waals surface area contributed by atoms with Gasteiger partial charge in [0.05, 0.1) is 19.2 Å². The van der Waals surface area contributed by atoms with Gasteiger partial charge in [-0.05, 0) is 39.3 Å². The molecule has 3 amide bonds. The summed E-state index contributed by atoms with van der Waals surface area (Å²) in [6.07, 6.45) is 0.866. The fraction of sp³-hybridized carbons (Fsp3) is 0.500. The molecule has 0 radical (unpaired) electrons. The SMILES string of the molecule is CC(C)OCCCNC(=O)CNC(=O)[C@]1(C)Cn2c(cc3ccccc32)C(=O)N1C. The summed E-state index contributed by atoms with van der Waals surface area (Å²) < 4.78 is 7.31. The quantitative estimate of drug-likeness (QED) is 0.641. The molecule has 2 heterocycles. The number of fused-ring (bicyclic) bond motifs is 3. The second-order valence-electron chi connectivity index (χ2n) is 8.12. The number of carbonyl (C=O) groups is 3. The number of nitrogens with zero attached hydrogens (tertiary/aromatic N) is 2. The predicted molar refractivity (Wildman–Crippen MR) is 114 cm³/mol. The molecule has 3 rings (SSSR count). The molecule has 0 bridgehead atoms. The lowest BCUT2D eigenvalue weighted by atomic mass is 9.95. The van der Waals surface area contributed by atoms with Crippen LogP contribution in [0.1, 0.15) is 37.7 Å². The predicted octanol–water partition coefficient (Wildman–Crippen LogP) is 1.53. The third kappa shape index (κ3) is 4.33. The average molecular weight is 415 g/mol. The number of ether oxygens (including phenoxy) is 1. The molecule has 1 aromatic carbocycles. The smallest absolute Gasteiger partial charge is 0.271 e. The van der Waals surface area contributed by atoms with Crippen molar-refractivity contribution in [2.75, 3.05) is 26.7 Å². The third-order valence-corrected chi connectivity index (χ3v) is 5.53. The van der Waals surface area contributed by atoms with Crippen molar-refractivity contribution in [1.82, 2.24) is 20.1 Å². The summed E-state index contributed by atoms with van der Waals surface area (Å²) in [7, 11) is 1.62. The van der Waals surface area contributed by atoms with E-state index >= 15 is 0 Å².